The molecule has 4 heteroatoms. The fraction of sp³-hybridized carbons (Fsp3) is 0.500. The number of aliphatic hydroxyl groups is 1. The largest absolute Gasteiger partial charge is 0.396 e. The summed E-state index contributed by atoms with van der Waals surface area (Å²) in [4.78, 5) is 6.91. The molecule has 1 N–H and O–H groups in total. The molecule has 140 valence electrons. The molecule has 1 aliphatic rings. The predicted molar refractivity (Wildman–Crippen MR) is 102 cm³/mol. The standard InChI is InChI=1S/C22H29FN2O/c1-17-4-7-19(14-24-17)21(2,3)25-13-12-22(15-25,16-26)11-10-18-5-8-20(23)9-6-18/h4-9,14,26H,10-13,15-16H2,1-3H3/t22-/m1/s1. The van der Waals surface area contributed by atoms with Gasteiger partial charge in [0.15, 0.2) is 0 Å². The van der Waals surface area contributed by atoms with Gasteiger partial charge in [0, 0.05) is 36.0 Å². The van der Waals surface area contributed by atoms with Crippen LogP contribution in [0.15, 0.2) is 42.6 Å². The van der Waals surface area contributed by atoms with Crippen molar-refractivity contribution in [2.24, 2.45) is 5.41 Å². The van der Waals surface area contributed by atoms with Crippen LogP contribution < -0.4 is 0 Å². The predicted octanol–water partition coefficient (Wildman–Crippen LogP) is 4.08. The Labute approximate surface area is 155 Å². The van der Waals surface area contributed by atoms with E-state index in [9.17, 15) is 9.50 Å². The van der Waals surface area contributed by atoms with Crippen molar-refractivity contribution in [1.82, 2.24) is 9.88 Å². The summed E-state index contributed by atoms with van der Waals surface area (Å²) in [7, 11) is 0. The molecule has 1 saturated heterocycles. The van der Waals surface area contributed by atoms with Crippen LogP contribution in [0.2, 0.25) is 0 Å². The van der Waals surface area contributed by atoms with Gasteiger partial charge in [-0.3, -0.25) is 9.88 Å². The number of hydrogen-bond donors (Lipinski definition) is 1. The van der Waals surface area contributed by atoms with E-state index in [2.05, 4.69) is 35.9 Å². The van der Waals surface area contributed by atoms with Crippen LogP contribution in [0, 0.1) is 18.2 Å². The summed E-state index contributed by atoms with van der Waals surface area (Å²) >= 11 is 0. The first-order valence-corrected chi connectivity index (χ1v) is 9.38. The number of pyridine rings is 1. The van der Waals surface area contributed by atoms with Crippen molar-refractivity contribution >= 4 is 0 Å². The molecule has 0 amide bonds. The molecule has 0 aliphatic carbocycles. The number of halogens is 1. The molecule has 0 bridgehead atoms. The SMILES string of the molecule is Cc1ccc(C(C)(C)N2CC[C@](CO)(CCc3ccc(F)cc3)C2)cn1. The molecule has 2 heterocycles. The van der Waals surface area contributed by atoms with E-state index in [4.69, 9.17) is 0 Å². The van der Waals surface area contributed by atoms with Crippen molar-refractivity contribution in [1.29, 1.82) is 0 Å². The van der Waals surface area contributed by atoms with Crippen molar-refractivity contribution in [2.75, 3.05) is 19.7 Å². The van der Waals surface area contributed by atoms with E-state index < -0.39 is 0 Å². The number of aryl methyl sites for hydroxylation is 2. The van der Waals surface area contributed by atoms with Gasteiger partial charge in [-0.25, -0.2) is 4.39 Å². The Morgan fingerprint density at radius 1 is 1.19 bits per heavy atom. The topological polar surface area (TPSA) is 36.4 Å². The van der Waals surface area contributed by atoms with Crippen LogP contribution in [0.25, 0.3) is 0 Å². The van der Waals surface area contributed by atoms with E-state index in [1.807, 2.05) is 25.3 Å². The maximum atomic E-state index is 13.1. The molecule has 1 aliphatic heterocycles. The van der Waals surface area contributed by atoms with Crippen LogP contribution in [-0.2, 0) is 12.0 Å². The minimum atomic E-state index is -0.203. The Morgan fingerprint density at radius 2 is 1.92 bits per heavy atom. The van der Waals surface area contributed by atoms with Gasteiger partial charge < -0.3 is 5.11 Å². The minimum Gasteiger partial charge on any atom is -0.396 e. The second-order valence-corrected chi connectivity index (χ2v) is 8.20. The van der Waals surface area contributed by atoms with Gasteiger partial charge in [0.1, 0.15) is 5.82 Å². The highest BCUT2D eigenvalue weighted by Crippen LogP contribution is 2.41. The Bertz CT molecular complexity index is 727. The van der Waals surface area contributed by atoms with Crippen LogP contribution >= 0.6 is 0 Å². The van der Waals surface area contributed by atoms with Crippen LogP contribution in [0.3, 0.4) is 0 Å². The van der Waals surface area contributed by atoms with E-state index in [0.29, 0.717) is 0 Å². The van der Waals surface area contributed by atoms with E-state index >= 15 is 0 Å². The highest BCUT2D eigenvalue weighted by atomic mass is 19.1. The van der Waals surface area contributed by atoms with Crippen molar-refractivity contribution in [3.63, 3.8) is 0 Å². The lowest BCUT2D eigenvalue weighted by Gasteiger charge is -2.37. The van der Waals surface area contributed by atoms with Crippen molar-refractivity contribution in [3.8, 4) is 0 Å². The summed E-state index contributed by atoms with van der Waals surface area (Å²) in [5, 5.41) is 10.1. The maximum Gasteiger partial charge on any atom is 0.123 e. The molecular weight excluding hydrogens is 327 g/mol. The van der Waals surface area contributed by atoms with Crippen LogP contribution in [0.1, 0.15) is 43.5 Å². The second kappa shape index (κ2) is 7.45. The average Bonchev–Trinajstić information content (AvgIpc) is 3.08. The van der Waals surface area contributed by atoms with Gasteiger partial charge >= 0.3 is 0 Å². The zero-order valence-corrected chi connectivity index (χ0v) is 16.0. The number of rotatable bonds is 6. The first-order valence-electron chi connectivity index (χ1n) is 9.38. The Hall–Kier alpha value is -1.78. The molecule has 26 heavy (non-hydrogen) atoms. The third-order valence-corrected chi connectivity index (χ3v) is 6.04. The van der Waals surface area contributed by atoms with Crippen molar-refractivity contribution < 1.29 is 9.50 Å². The van der Waals surface area contributed by atoms with Gasteiger partial charge in [-0.05, 0) is 75.9 Å². The Morgan fingerprint density at radius 3 is 2.54 bits per heavy atom. The van der Waals surface area contributed by atoms with Gasteiger partial charge in [0.25, 0.3) is 0 Å². The van der Waals surface area contributed by atoms with Crippen LogP contribution in [-0.4, -0.2) is 34.7 Å². The molecule has 2 aromatic rings. The van der Waals surface area contributed by atoms with Gasteiger partial charge in [-0.2, -0.15) is 0 Å². The Balaban J connectivity index is 1.69. The number of hydrogen-bond acceptors (Lipinski definition) is 3. The number of benzene rings is 1. The highest BCUT2D eigenvalue weighted by Gasteiger charge is 2.43. The van der Waals surface area contributed by atoms with E-state index in [1.54, 1.807) is 0 Å². The maximum absolute atomic E-state index is 13.1. The minimum absolute atomic E-state index is 0.0935. The molecule has 1 fully saturated rings. The molecular formula is C22H29FN2O. The first-order chi connectivity index (χ1) is 12.3. The molecule has 1 aromatic carbocycles. The summed E-state index contributed by atoms with van der Waals surface area (Å²) in [5.74, 6) is -0.203. The van der Waals surface area contributed by atoms with Gasteiger partial charge in [0.05, 0.1) is 0 Å². The lowest BCUT2D eigenvalue weighted by atomic mass is 9.82. The van der Waals surface area contributed by atoms with Crippen LogP contribution in [0.5, 0.6) is 0 Å². The Kier molecular flexibility index (Phi) is 5.44. The molecule has 1 aromatic heterocycles. The van der Waals surface area contributed by atoms with E-state index in [0.717, 1.165) is 43.6 Å². The van der Waals surface area contributed by atoms with Gasteiger partial charge in [-0.1, -0.05) is 18.2 Å². The highest BCUT2D eigenvalue weighted by molar-refractivity contribution is 5.22. The number of aromatic nitrogens is 1. The van der Waals surface area contributed by atoms with Crippen molar-refractivity contribution in [3.05, 3.63) is 65.2 Å². The van der Waals surface area contributed by atoms with Gasteiger partial charge in [0.2, 0.25) is 0 Å². The fourth-order valence-electron chi connectivity index (χ4n) is 3.90. The van der Waals surface area contributed by atoms with E-state index in [1.165, 1.54) is 17.7 Å². The quantitative estimate of drug-likeness (QED) is 0.847. The smallest absolute Gasteiger partial charge is 0.123 e. The molecule has 0 saturated carbocycles. The monoisotopic (exact) mass is 356 g/mol. The summed E-state index contributed by atoms with van der Waals surface area (Å²) in [6.45, 7) is 8.47. The molecule has 1 atom stereocenters. The number of likely N-dealkylation sites (tertiary alicyclic amines) is 1. The average molecular weight is 356 g/mol. The summed E-state index contributed by atoms with van der Waals surface area (Å²) in [6.07, 6.45) is 4.72. The number of nitrogens with zero attached hydrogens (tertiary/aromatic N) is 2. The van der Waals surface area contributed by atoms with E-state index in [-0.39, 0.29) is 23.4 Å². The summed E-state index contributed by atoms with van der Waals surface area (Å²) < 4.78 is 13.1. The third kappa shape index (κ3) is 3.97. The first kappa shape index (κ1) is 19.0. The lowest BCUT2D eigenvalue weighted by Crippen LogP contribution is -2.42. The summed E-state index contributed by atoms with van der Waals surface area (Å²) in [6, 6.07) is 10.9. The van der Waals surface area contributed by atoms with Crippen LogP contribution in [0.4, 0.5) is 4.39 Å². The molecule has 0 unspecified atom stereocenters. The second-order valence-electron chi connectivity index (χ2n) is 8.20. The van der Waals surface area contributed by atoms with Crippen molar-refractivity contribution in [2.45, 2.75) is 45.6 Å². The third-order valence-electron chi connectivity index (χ3n) is 6.04. The lowest BCUT2D eigenvalue weighted by molar-refractivity contribution is 0.0870. The molecule has 3 nitrogen and oxygen atoms in total. The zero-order valence-electron chi connectivity index (χ0n) is 16.0. The van der Waals surface area contributed by atoms with Gasteiger partial charge in [-0.15, -0.1) is 0 Å². The normalized spacial score (nSPS) is 21.3. The fourth-order valence-corrected chi connectivity index (χ4v) is 3.90. The number of aliphatic hydroxyl groups excluding tert-OH is 1. The summed E-state index contributed by atoms with van der Waals surface area (Å²) in [5.41, 5.74) is 3.14. The molecule has 0 radical (unpaired) electrons. The zero-order chi connectivity index (χ0) is 18.8. The molecule has 3 rings (SSSR count). The molecule has 0 spiro atoms.